The molecule has 0 aromatic rings. The van der Waals surface area contributed by atoms with E-state index in [1.54, 1.807) is 0 Å². The van der Waals surface area contributed by atoms with E-state index in [0.717, 1.165) is 12.5 Å². The lowest BCUT2D eigenvalue weighted by Crippen LogP contribution is -2.23. The molecular formula is C9H18OS. The van der Waals surface area contributed by atoms with Crippen LogP contribution < -0.4 is 0 Å². The van der Waals surface area contributed by atoms with Gasteiger partial charge in [-0.3, -0.25) is 0 Å². The highest BCUT2D eigenvalue weighted by Gasteiger charge is 2.18. The fraction of sp³-hybridized carbons (Fsp3) is 1.00. The first-order valence-corrected chi connectivity index (χ1v) is 5.83. The van der Waals surface area contributed by atoms with Gasteiger partial charge in [-0.15, -0.1) is 0 Å². The van der Waals surface area contributed by atoms with E-state index < -0.39 is 0 Å². The van der Waals surface area contributed by atoms with E-state index >= 15 is 0 Å². The van der Waals surface area contributed by atoms with Gasteiger partial charge in [0.2, 0.25) is 0 Å². The lowest BCUT2D eigenvalue weighted by Gasteiger charge is -2.26. The van der Waals surface area contributed by atoms with Crippen molar-refractivity contribution in [2.24, 2.45) is 5.92 Å². The normalized spacial score (nSPS) is 32.2. The summed E-state index contributed by atoms with van der Waals surface area (Å²) in [6.07, 6.45) is 6.64. The van der Waals surface area contributed by atoms with Crippen LogP contribution in [0.5, 0.6) is 0 Å². The van der Waals surface area contributed by atoms with E-state index in [0.29, 0.717) is 6.10 Å². The van der Waals surface area contributed by atoms with E-state index in [9.17, 15) is 0 Å². The van der Waals surface area contributed by atoms with Crippen LogP contribution in [0.4, 0.5) is 0 Å². The zero-order valence-corrected chi connectivity index (χ0v) is 8.32. The van der Waals surface area contributed by atoms with Crippen LogP contribution >= 0.6 is 11.8 Å². The highest BCUT2D eigenvalue weighted by molar-refractivity contribution is 7.98. The van der Waals surface area contributed by atoms with Crippen LogP contribution in [0.3, 0.4) is 0 Å². The summed E-state index contributed by atoms with van der Waals surface area (Å²) in [5.74, 6) is 2.25. The summed E-state index contributed by atoms with van der Waals surface area (Å²) < 4.78 is 5.48. The van der Waals surface area contributed by atoms with Crippen molar-refractivity contribution in [2.75, 3.05) is 18.6 Å². The molecule has 0 amide bonds. The van der Waals surface area contributed by atoms with Gasteiger partial charge in [0.25, 0.3) is 0 Å². The third-order valence-electron chi connectivity index (χ3n) is 2.32. The van der Waals surface area contributed by atoms with Crippen molar-refractivity contribution in [3.63, 3.8) is 0 Å². The van der Waals surface area contributed by atoms with Crippen LogP contribution in [-0.2, 0) is 4.74 Å². The molecule has 0 saturated carbocycles. The Labute approximate surface area is 73.9 Å². The Balaban J connectivity index is 2.12. The van der Waals surface area contributed by atoms with Gasteiger partial charge in [0.15, 0.2) is 0 Å². The Kier molecular flexibility index (Phi) is 4.31. The number of rotatable bonds is 3. The Morgan fingerprint density at radius 3 is 3.00 bits per heavy atom. The molecule has 0 aromatic carbocycles. The second-order valence-electron chi connectivity index (χ2n) is 3.35. The first kappa shape index (κ1) is 9.40. The van der Waals surface area contributed by atoms with Crippen molar-refractivity contribution in [3.8, 4) is 0 Å². The molecule has 11 heavy (non-hydrogen) atoms. The Hall–Kier alpha value is 0.310. The molecule has 2 atom stereocenters. The van der Waals surface area contributed by atoms with E-state index in [2.05, 4.69) is 13.2 Å². The van der Waals surface area contributed by atoms with Crippen LogP contribution in [0.2, 0.25) is 0 Å². The zero-order chi connectivity index (χ0) is 8.10. The summed E-state index contributed by atoms with van der Waals surface area (Å²) in [5, 5.41) is 0. The summed E-state index contributed by atoms with van der Waals surface area (Å²) >= 11 is 1.96. The lowest BCUT2D eigenvalue weighted by molar-refractivity contribution is 0.00221. The first-order chi connectivity index (χ1) is 5.33. The van der Waals surface area contributed by atoms with Gasteiger partial charge in [-0.05, 0) is 44.1 Å². The molecule has 0 spiro atoms. The summed E-state index contributed by atoms with van der Waals surface area (Å²) in [6, 6.07) is 0. The fourth-order valence-corrected chi connectivity index (χ4v) is 2.21. The van der Waals surface area contributed by atoms with Gasteiger partial charge in [0.1, 0.15) is 0 Å². The minimum absolute atomic E-state index is 0.510. The van der Waals surface area contributed by atoms with Crippen molar-refractivity contribution < 1.29 is 4.74 Å². The molecule has 2 heteroatoms. The second-order valence-corrected chi connectivity index (χ2v) is 4.34. The topological polar surface area (TPSA) is 9.23 Å². The largest absolute Gasteiger partial charge is 0.378 e. The summed E-state index contributed by atoms with van der Waals surface area (Å²) in [4.78, 5) is 0. The maximum Gasteiger partial charge on any atom is 0.0549 e. The summed E-state index contributed by atoms with van der Waals surface area (Å²) in [6.45, 7) is 3.17. The fourth-order valence-electron chi connectivity index (χ4n) is 1.64. The maximum atomic E-state index is 5.48. The number of thioether (sulfide) groups is 1. The minimum Gasteiger partial charge on any atom is -0.378 e. The SMILES string of the molecule is CSCCC1CCOC(C)C1. The second kappa shape index (κ2) is 5.04. The Morgan fingerprint density at radius 1 is 1.55 bits per heavy atom. The van der Waals surface area contributed by atoms with Gasteiger partial charge in [0.05, 0.1) is 6.10 Å². The molecule has 0 radical (unpaired) electrons. The highest BCUT2D eigenvalue weighted by atomic mass is 32.2. The van der Waals surface area contributed by atoms with E-state index in [-0.39, 0.29) is 0 Å². The number of hydrogen-bond acceptors (Lipinski definition) is 2. The van der Waals surface area contributed by atoms with Crippen LogP contribution in [0, 0.1) is 5.92 Å². The van der Waals surface area contributed by atoms with Crippen molar-refractivity contribution in [1.82, 2.24) is 0 Å². The highest BCUT2D eigenvalue weighted by Crippen LogP contribution is 2.23. The van der Waals surface area contributed by atoms with Crippen molar-refractivity contribution >= 4 is 11.8 Å². The molecule has 0 N–H and O–H groups in total. The van der Waals surface area contributed by atoms with Crippen LogP contribution in [0.15, 0.2) is 0 Å². The lowest BCUT2D eigenvalue weighted by atomic mass is 9.94. The standard InChI is InChI=1S/C9H18OS/c1-8-7-9(3-5-10-8)4-6-11-2/h8-9H,3-7H2,1-2H3. The van der Waals surface area contributed by atoms with E-state index in [1.807, 2.05) is 11.8 Å². The van der Waals surface area contributed by atoms with Crippen molar-refractivity contribution in [1.29, 1.82) is 0 Å². The maximum absolute atomic E-state index is 5.48. The molecule has 66 valence electrons. The minimum atomic E-state index is 0.510. The molecule has 1 saturated heterocycles. The molecule has 0 bridgehead atoms. The third kappa shape index (κ3) is 3.48. The van der Waals surface area contributed by atoms with Gasteiger partial charge < -0.3 is 4.74 Å². The molecule has 0 aliphatic carbocycles. The van der Waals surface area contributed by atoms with E-state index in [4.69, 9.17) is 4.74 Å². The van der Waals surface area contributed by atoms with Crippen molar-refractivity contribution in [2.45, 2.75) is 32.3 Å². The Bertz CT molecular complexity index is 106. The average Bonchev–Trinajstić information content (AvgIpc) is 2.01. The quantitative estimate of drug-likeness (QED) is 0.650. The molecular weight excluding hydrogens is 156 g/mol. The van der Waals surface area contributed by atoms with Crippen LogP contribution in [0.25, 0.3) is 0 Å². The van der Waals surface area contributed by atoms with Gasteiger partial charge in [0, 0.05) is 6.61 Å². The zero-order valence-electron chi connectivity index (χ0n) is 7.51. The smallest absolute Gasteiger partial charge is 0.0549 e. The predicted molar refractivity (Wildman–Crippen MR) is 51.1 cm³/mol. The summed E-state index contributed by atoms with van der Waals surface area (Å²) in [5.41, 5.74) is 0. The van der Waals surface area contributed by atoms with Crippen LogP contribution in [-0.4, -0.2) is 24.7 Å². The van der Waals surface area contributed by atoms with Gasteiger partial charge in [-0.25, -0.2) is 0 Å². The molecule has 1 nitrogen and oxygen atoms in total. The van der Waals surface area contributed by atoms with E-state index in [1.165, 1.54) is 25.0 Å². The number of ether oxygens (including phenoxy) is 1. The first-order valence-electron chi connectivity index (χ1n) is 4.43. The third-order valence-corrected chi connectivity index (χ3v) is 2.97. The molecule has 1 aliphatic heterocycles. The van der Waals surface area contributed by atoms with Gasteiger partial charge in [-0.2, -0.15) is 11.8 Å². The molecule has 1 fully saturated rings. The monoisotopic (exact) mass is 174 g/mol. The molecule has 1 rings (SSSR count). The molecule has 2 unspecified atom stereocenters. The van der Waals surface area contributed by atoms with Crippen LogP contribution in [0.1, 0.15) is 26.2 Å². The number of hydrogen-bond donors (Lipinski definition) is 0. The Morgan fingerprint density at radius 2 is 2.36 bits per heavy atom. The molecule has 0 aromatic heterocycles. The average molecular weight is 174 g/mol. The predicted octanol–water partition coefficient (Wildman–Crippen LogP) is 2.55. The summed E-state index contributed by atoms with van der Waals surface area (Å²) in [7, 11) is 0. The van der Waals surface area contributed by atoms with Gasteiger partial charge in [-0.1, -0.05) is 0 Å². The van der Waals surface area contributed by atoms with Crippen molar-refractivity contribution in [3.05, 3.63) is 0 Å². The van der Waals surface area contributed by atoms with Gasteiger partial charge >= 0.3 is 0 Å². The molecule has 1 aliphatic rings. The molecule has 1 heterocycles.